The molecule has 0 aliphatic carbocycles. The Morgan fingerprint density at radius 2 is 2.42 bits per heavy atom. The molecule has 0 amide bonds. The van der Waals surface area contributed by atoms with Crippen LogP contribution in [0.3, 0.4) is 0 Å². The van der Waals surface area contributed by atoms with Gasteiger partial charge in [-0.1, -0.05) is 0 Å². The highest BCUT2D eigenvalue weighted by Gasteiger charge is 2.09. The van der Waals surface area contributed by atoms with Crippen LogP contribution >= 0.6 is 11.6 Å². The number of ether oxygens (including phenoxy) is 1. The first-order valence-corrected chi connectivity index (χ1v) is 4.20. The smallest absolute Gasteiger partial charge is 0.193 e. The predicted molar refractivity (Wildman–Crippen MR) is 47.1 cm³/mol. The summed E-state index contributed by atoms with van der Waals surface area (Å²) in [6.07, 6.45) is 0. The van der Waals surface area contributed by atoms with E-state index < -0.39 is 0 Å². The summed E-state index contributed by atoms with van der Waals surface area (Å²) < 4.78 is 10.2. The molecule has 2 N–H and O–H groups in total. The molecule has 0 saturated heterocycles. The van der Waals surface area contributed by atoms with Gasteiger partial charge in [0.15, 0.2) is 5.22 Å². The normalized spacial score (nSPS) is 13.2. The zero-order valence-electron chi connectivity index (χ0n) is 6.92. The number of rotatable bonds is 4. The zero-order valence-corrected chi connectivity index (χ0v) is 7.67. The van der Waals surface area contributed by atoms with Gasteiger partial charge < -0.3 is 14.9 Å². The van der Waals surface area contributed by atoms with Crippen molar-refractivity contribution < 1.29 is 9.15 Å². The van der Waals surface area contributed by atoms with E-state index in [0.29, 0.717) is 24.2 Å². The maximum atomic E-state index is 5.72. The average Bonchev–Trinajstić information content (AvgIpc) is 2.47. The van der Waals surface area contributed by atoms with Crippen molar-refractivity contribution in [3.05, 3.63) is 23.1 Å². The van der Waals surface area contributed by atoms with E-state index in [1.54, 1.807) is 12.1 Å². The minimum atomic E-state index is -0.225. The first kappa shape index (κ1) is 9.58. The topological polar surface area (TPSA) is 48.4 Å². The summed E-state index contributed by atoms with van der Waals surface area (Å²) in [5, 5.41) is 0.358. The summed E-state index contributed by atoms with van der Waals surface area (Å²) in [5.74, 6) is 0.661. The van der Waals surface area contributed by atoms with Gasteiger partial charge in [0.05, 0.1) is 12.6 Å². The molecule has 12 heavy (non-hydrogen) atoms. The summed E-state index contributed by atoms with van der Waals surface area (Å²) in [6.45, 7) is 3.03. The van der Waals surface area contributed by atoms with Crippen LogP contribution in [-0.2, 0) is 4.74 Å². The van der Waals surface area contributed by atoms with Crippen LogP contribution < -0.4 is 5.73 Å². The first-order chi connectivity index (χ1) is 5.74. The SMILES string of the molecule is CCOCC(N)c1ccc(Cl)o1. The molecule has 0 aromatic carbocycles. The van der Waals surface area contributed by atoms with E-state index in [4.69, 9.17) is 26.5 Å². The van der Waals surface area contributed by atoms with E-state index in [-0.39, 0.29) is 6.04 Å². The van der Waals surface area contributed by atoms with Crippen LogP contribution in [0, 0.1) is 0 Å². The van der Waals surface area contributed by atoms with Crippen molar-refractivity contribution in [3.63, 3.8) is 0 Å². The van der Waals surface area contributed by atoms with Crippen molar-refractivity contribution in [1.82, 2.24) is 0 Å². The number of furan rings is 1. The predicted octanol–water partition coefficient (Wildman–Crippen LogP) is 1.97. The Kier molecular flexibility index (Phi) is 3.59. The average molecular weight is 190 g/mol. The lowest BCUT2D eigenvalue weighted by Gasteiger charge is -2.07. The number of nitrogens with two attached hydrogens (primary N) is 1. The summed E-state index contributed by atoms with van der Waals surface area (Å²) in [7, 11) is 0. The second-order valence-corrected chi connectivity index (χ2v) is 2.78. The van der Waals surface area contributed by atoms with Crippen LogP contribution in [0.25, 0.3) is 0 Å². The highest BCUT2D eigenvalue weighted by Crippen LogP contribution is 2.18. The van der Waals surface area contributed by atoms with Gasteiger partial charge in [-0.3, -0.25) is 0 Å². The van der Waals surface area contributed by atoms with Gasteiger partial charge >= 0.3 is 0 Å². The highest BCUT2D eigenvalue weighted by atomic mass is 35.5. The maximum Gasteiger partial charge on any atom is 0.193 e. The second-order valence-electron chi connectivity index (χ2n) is 2.41. The van der Waals surface area contributed by atoms with E-state index in [1.807, 2.05) is 6.92 Å². The molecule has 1 heterocycles. The van der Waals surface area contributed by atoms with E-state index >= 15 is 0 Å². The fraction of sp³-hybridized carbons (Fsp3) is 0.500. The first-order valence-electron chi connectivity index (χ1n) is 3.82. The Morgan fingerprint density at radius 3 is 2.92 bits per heavy atom. The van der Waals surface area contributed by atoms with Crippen molar-refractivity contribution >= 4 is 11.6 Å². The van der Waals surface area contributed by atoms with Crippen molar-refractivity contribution in [2.75, 3.05) is 13.2 Å². The van der Waals surface area contributed by atoms with E-state index in [0.717, 1.165) is 0 Å². The lowest BCUT2D eigenvalue weighted by molar-refractivity contribution is 0.127. The molecule has 1 unspecified atom stereocenters. The van der Waals surface area contributed by atoms with Crippen LogP contribution in [0.15, 0.2) is 16.5 Å². The van der Waals surface area contributed by atoms with Gasteiger partial charge in [0.1, 0.15) is 5.76 Å². The monoisotopic (exact) mass is 189 g/mol. The van der Waals surface area contributed by atoms with Crippen LogP contribution in [-0.4, -0.2) is 13.2 Å². The third-order valence-corrected chi connectivity index (χ3v) is 1.66. The molecule has 68 valence electrons. The Bertz CT molecular complexity index is 237. The van der Waals surface area contributed by atoms with Gasteiger partial charge in [-0.2, -0.15) is 0 Å². The molecule has 0 spiro atoms. The third-order valence-electron chi connectivity index (χ3n) is 1.46. The molecule has 1 aromatic heterocycles. The van der Waals surface area contributed by atoms with Gasteiger partial charge in [-0.25, -0.2) is 0 Å². The van der Waals surface area contributed by atoms with Crippen LogP contribution in [0.1, 0.15) is 18.7 Å². The molecule has 0 bridgehead atoms. The minimum absolute atomic E-state index is 0.225. The Balaban J connectivity index is 2.47. The molecule has 4 heteroatoms. The Labute approximate surface area is 76.4 Å². The maximum absolute atomic E-state index is 5.72. The van der Waals surface area contributed by atoms with E-state index in [1.165, 1.54) is 0 Å². The molecule has 1 rings (SSSR count). The lowest BCUT2D eigenvalue weighted by atomic mass is 10.2. The molecule has 0 fully saturated rings. The Hall–Kier alpha value is -0.510. The second kappa shape index (κ2) is 4.50. The fourth-order valence-electron chi connectivity index (χ4n) is 0.855. The lowest BCUT2D eigenvalue weighted by Crippen LogP contribution is -2.16. The van der Waals surface area contributed by atoms with Gasteiger partial charge in [-0.05, 0) is 30.7 Å². The van der Waals surface area contributed by atoms with Crippen LogP contribution in [0.2, 0.25) is 5.22 Å². The Morgan fingerprint density at radius 1 is 1.67 bits per heavy atom. The summed E-state index contributed by atoms with van der Waals surface area (Å²) in [5.41, 5.74) is 5.72. The number of hydrogen-bond donors (Lipinski definition) is 1. The largest absolute Gasteiger partial charge is 0.448 e. The summed E-state index contributed by atoms with van der Waals surface area (Å²) in [4.78, 5) is 0. The molecular formula is C8H12ClNO2. The molecule has 0 saturated carbocycles. The van der Waals surface area contributed by atoms with Gasteiger partial charge in [0, 0.05) is 6.61 Å². The third kappa shape index (κ3) is 2.52. The number of halogens is 1. The molecule has 0 radical (unpaired) electrons. The molecule has 3 nitrogen and oxygen atoms in total. The summed E-state index contributed by atoms with van der Waals surface area (Å²) in [6, 6.07) is 3.20. The molecular weight excluding hydrogens is 178 g/mol. The van der Waals surface area contributed by atoms with Crippen molar-refractivity contribution in [1.29, 1.82) is 0 Å². The molecule has 1 aromatic rings. The van der Waals surface area contributed by atoms with Crippen molar-refractivity contribution in [3.8, 4) is 0 Å². The minimum Gasteiger partial charge on any atom is -0.448 e. The standard InChI is InChI=1S/C8H12ClNO2/c1-2-11-5-6(10)7-3-4-8(9)12-7/h3-4,6H,2,5,10H2,1H3. The van der Waals surface area contributed by atoms with Gasteiger partial charge in [-0.15, -0.1) is 0 Å². The van der Waals surface area contributed by atoms with Gasteiger partial charge in [0.25, 0.3) is 0 Å². The number of hydrogen-bond acceptors (Lipinski definition) is 3. The molecule has 1 atom stereocenters. The summed E-state index contributed by atoms with van der Waals surface area (Å²) >= 11 is 5.58. The fourth-order valence-corrected chi connectivity index (χ4v) is 1.01. The van der Waals surface area contributed by atoms with Crippen molar-refractivity contribution in [2.24, 2.45) is 5.73 Å². The van der Waals surface area contributed by atoms with Gasteiger partial charge in [0.2, 0.25) is 0 Å². The quantitative estimate of drug-likeness (QED) is 0.788. The van der Waals surface area contributed by atoms with Crippen molar-refractivity contribution in [2.45, 2.75) is 13.0 Å². The van der Waals surface area contributed by atoms with E-state index in [2.05, 4.69) is 0 Å². The van der Waals surface area contributed by atoms with Crippen LogP contribution in [0.5, 0.6) is 0 Å². The highest BCUT2D eigenvalue weighted by molar-refractivity contribution is 6.28. The van der Waals surface area contributed by atoms with E-state index in [9.17, 15) is 0 Å². The van der Waals surface area contributed by atoms with Crippen LogP contribution in [0.4, 0.5) is 0 Å². The zero-order chi connectivity index (χ0) is 8.97. The molecule has 0 aliphatic rings. The molecule has 0 aliphatic heterocycles.